The molecule has 0 spiro atoms. The second-order valence-corrected chi connectivity index (χ2v) is 5.99. The second kappa shape index (κ2) is 7.69. The Hall–Kier alpha value is -1.22. The van der Waals surface area contributed by atoms with Crippen molar-refractivity contribution in [3.05, 3.63) is 63.6 Å². The molecule has 0 amide bonds. The van der Waals surface area contributed by atoms with E-state index in [0.29, 0.717) is 18.2 Å². The van der Waals surface area contributed by atoms with Crippen LogP contribution in [0.2, 0.25) is 10.0 Å². The number of hydrogen-bond acceptors (Lipinski definition) is 2. The van der Waals surface area contributed by atoms with Gasteiger partial charge in [0.15, 0.2) is 0 Å². The summed E-state index contributed by atoms with van der Waals surface area (Å²) >= 11 is 12.1. The van der Waals surface area contributed by atoms with E-state index in [1.807, 2.05) is 36.4 Å². The quantitative estimate of drug-likeness (QED) is 0.819. The Morgan fingerprint density at radius 3 is 2.52 bits per heavy atom. The van der Waals surface area contributed by atoms with E-state index in [1.54, 1.807) is 6.07 Å². The van der Waals surface area contributed by atoms with Crippen molar-refractivity contribution in [2.24, 2.45) is 0 Å². The molecule has 4 heteroatoms. The second-order valence-electron chi connectivity index (χ2n) is 5.14. The number of nitrogens with one attached hydrogen (secondary N) is 1. The van der Waals surface area contributed by atoms with Gasteiger partial charge in [-0.1, -0.05) is 40.9 Å². The van der Waals surface area contributed by atoms with E-state index in [1.165, 1.54) is 5.56 Å². The fourth-order valence-electron chi connectivity index (χ4n) is 1.88. The number of hydrogen-bond donors (Lipinski definition) is 1. The maximum Gasteiger partial charge on any atom is 0.119 e. The minimum absolute atomic E-state index is 0.210. The predicted molar refractivity (Wildman–Crippen MR) is 89.4 cm³/mol. The summed E-state index contributed by atoms with van der Waals surface area (Å²) in [7, 11) is 0. The first kappa shape index (κ1) is 16.2. The van der Waals surface area contributed by atoms with E-state index in [4.69, 9.17) is 27.9 Å². The van der Waals surface area contributed by atoms with Gasteiger partial charge in [-0.25, -0.2) is 0 Å². The van der Waals surface area contributed by atoms with Crippen LogP contribution in [0.4, 0.5) is 0 Å². The molecule has 0 aromatic heterocycles. The third-order valence-corrected chi connectivity index (χ3v) is 3.77. The maximum atomic E-state index is 6.14. The van der Waals surface area contributed by atoms with Crippen LogP contribution in [-0.2, 0) is 6.54 Å². The highest BCUT2D eigenvalue weighted by Gasteiger charge is 2.06. The molecule has 112 valence electrons. The van der Waals surface area contributed by atoms with Crippen molar-refractivity contribution in [1.82, 2.24) is 5.32 Å². The Balaban J connectivity index is 1.80. The third kappa shape index (κ3) is 5.24. The van der Waals surface area contributed by atoms with Gasteiger partial charge in [-0.3, -0.25) is 0 Å². The summed E-state index contributed by atoms with van der Waals surface area (Å²) in [5.41, 5.74) is 2.22. The molecule has 1 N–H and O–H groups in total. The van der Waals surface area contributed by atoms with Crippen LogP contribution in [0.3, 0.4) is 0 Å². The zero-order valence-electron chi connectivity index (χ0n) is 12.2. The highest BCUT2D eigenvalue weighted by molar-refractivity contribution is 6.33. The summed E-state index contributed by atoms with van der Waals surface area (Å²) in [6, 6.07) is 13.7. The van der Waals surface area contributed by atoms with Crippen LogP contribution in [0.5, 0.6) is 5.75 Å². The molecule has 0 saturated heterocycles. The van der Waals surface area contributed by atoms with Gasteiger partial charge >= 0.3 is 0 Å². The molecule has 2 nitrogen and oxygen atoms in total. The van der Waals surface area contributed by atoms with Gasteiger partial charge in [-0.15, -0.1) is 0 Å². The SMILES string of the molecule is Cc1ccc(OCC(C)NCc2cc(Cl)ccc2Cl)cc1. The first-order valence-corrected chi connectivity index (χ1v) is 7.67. The summed E-state index contributed by atoms with van der Waals surface area (Å²) in [5.74, 6) is 0.884. The van der Waals surface area contributed by atoms with Crippen LogP contribution < -0.4 is 10.1 Å². The molecule has 1 unspecified atom stereocenters. The summed E-state index contributed by atoms with van der Waals surface area (Å²) in [5, 5.41) is 4.80. The first-order chi connectivity index (χ1) is 10.0. The molecule has 2 aromatic rings. The van der Waals surface area contributed by atoms with Gasteiger partial charge in [0.25, 0.3) is 0 Å². The van der Waals surface area contributed by atoms with Crippen LogP contribution in [-0.4, -0.2) is 12.6 Å². The molecule has 0 saturated carbocycles. The van der Waals surface area contributed by atoms with Crippen LogP contribution in [0.1, 0.15) is 18.1 Å². The van der Waals surface area contributed by atoms with E-state index in [2.05, 4.69) is 19.2 Å². The minimum Gasteiger partial charge on any atom is -0.492 e. The number of ether oxygens (including phenoxy) is 1. The van der Waals surface area contributed by atoms with Gasteiger partial charge in [0, 0.05) is 22.6 Å². The fraction of sp³-hybridized carbons (Fsp3) is 0.294. The van der Waals surface area contributed by atoms with Crippen molar-refractivity contribution in [1.29, 1.82) is 0 Å². The predicted octanol–water partition coefficient (Wildman–Crippen LogP) is 4.86. The first-order valence-electron chi connectivity index (χ1n) is 6.91. The van der Waals surface area contributed by atoms with E-state index in [9.17, 15) is 0 Å². The largest absolute Gasteiger partial charge is 0.492 e. The molecule has 0 aliphatic carbocycles. The Morgan fingerprint density at radius 1 is 1.10 bits per heavy atom. The summed E-state index contributed by atoms with van der Waals surface area (Å²) in [4.78, 5) is 0. The molecule has 0 radical (unpaired) electrons. The average molecular weight is 324 g/mol. The number of rotatable bonds is 6. The molecule has 0 bridgehead atoms. The van der Waals surface area contributed by atoms with E-state index >= 15 is 0 Å². The van der Waals surface area contributed by atoms with E-state index in [0.717, 1.165) is 16.3 Å². The van der Waals surface area contributed by atoms with Gasteiger partial charge in [-0.05, 0) is 49.7 Å². The summed E-state index contributed by atoms with van der Waals surface area (Å²) < 4.78 is 5.74. The number of benzene rings is 2. The Kier molecular flexibility index (Phi) is 5.92. The zero-order valence-corrected chi connectivity index (χ0v) is 13.7. The molecule has 1 atom stereocenters. The molecule has 0 fully saturated rings. The van der Waals surface area contributed by atoms with Crippen molar-refractivity contribution in [3.8, 4) is 5.75 Å². The normalized spacial score (nSPS) is 12.2. The Bertz CT molecular complexity index is 584. The molecule has 21 heavy (non-hydrogen) atoms. The Morgan fingerprint density at radius 2 is 1.81 bits per heavy atom. The molecule has 0 aliphatic heterocycles. The highest BCUT2D eigenvalue weighted by atomic mass is 35.5. The monoisotopic (exact) mass is 323 g/mol. The average Bonchev–Trinajstić information content (AvgIpc) is 2.47. The molecule has 2 aromatic carbocycles. The van der Waals surface area contributed by atoms with Crippen LogP contribution in [0, 0.1) is 6.92 Å². The lowest BCUT2D eigenvalue weighted by molar-refractivity contribution is 0.272. The maximum absolute atomic E-state index is 6.14. The standard InChI is InChI=1S/C17H19Cl2NO/c1-12-3-6-16(7-4-12)21-11-13(2)20-10-14-9-15(18)5-8-17(14)19/h3-9,13,20H,10-11H2,1-2H3. The van der Waals surface area contributed by atoms with Gasteiger partial charge in [0.05, 0.1) is 0 Å². The van der Waals surface area contributed by atoms with E-state index < -0.39 is 0 Å². The topological polar surface area (TPSA) is 21.3 Å². The molecule has 2 rings (SSSR count). The zero-order chi connectivity index (χ0) is 15.2. The molecular weight excluding hydrogens is 305 g/mol. The Labute approximate surface area is 136 Å². The van der Waals surface area contributed by atoms with Crippen molar-refractivity contribution in [2.45, 2.75) is 26.4 Å². The summed E-state index contributed by atoms with van der Waals surface area (Å²) in [6.07, 6.45) is 0. The van der Waals surface area contributed by atoms with Gasteiger partial charge < -0.3 is 10.1 Å². The van der Waals surface area contributed by atoms with Crippen molar-refractivity contribution < 1.29 is 4.74 Å². The van der Waals surface area contributed by atoms with Crippen LogP contribution in [0.15, 0.2) is 42.5 Å². The lowest BCUT2D eigenvalue weighted by Crippen LogP contribution is -2.31. The van der Waals surface area contributed by atoms with Crippen molar-refractivity contribution in [3.63, 3.8) is 0 Å². The van der Waals surface area contributed by atoms with Gasteiger partial charge in [-0.2, -0.15) is 0 Å². The smallest absolute Gasteiger partial charge is 0.119 e. The van der Waals surface area contributed by atoms with Crippen molar-refractivity contribution >= 4 is 23.2 Å². The highest BCUT2D eigenvalue weighted by Crippen LogP contribution is 2.20. The molecule has 0 heterocycles. The van der Waals surface area contributed by atoms with E-state index in [-0.39, 0.29) is 6.04 Å². The lowest BCUT2D eigenvalue weighted by atomic mass is 10.2. The number of aryl methyl sites for hydroxylation is 1. The minimum atomic E-state index is 0.210. The van der Waals surface area contributed by atoms with Gasteiger partial charge in [0.2, 0.25) is 0 Å². The van der Waals surface area contributed by atoms with Crippen molar-refractivity contribution in [2.75, 3.05) is 6.61 Å². The number of halogens is 2. The molecular formula is C17H19Cl2NO. The van der Waals surface area contributed by atoms with Crippen LogP contribution >= 0.6 is 23.2 Å². The van der Waals surface area contributed by atoms with Crippen LogP contribution in [0.25, 0.3) is 0 Å². The fourth-order valence-corrected chi connectivity index (χ4v) is 2.26. The lowest BCUT2D eigenvalue weighted by Gasteiger charge is -2.16. The third-order valence-electron chi connectivity index (χ3n) is 3.17. The molecule has 0 aliphatic rings. The summed E-state index contributed by atoms with van der Waals surface area (Å²) in [6.45, 7) is 5.40. The van der Waals surface area contributed by atoms with Gasteiger partial charge in [0.1, 0.15) is 12.4 Å².